The maximum absolute atomic E-state index is 11.5. The largest absolute Gasteiger partial charge is 0.370 e. The summed E-state index contributed by atoms with van der Waals surface area (Å²) in [6, 6.07) is 4.28. The molecule has 18 heavy (non-hydrogen) atoms. The third-order valence-electron chi connectivity index (χ3n) is 2.20. The summed E-state index contributed by atoms with van der Waals surface area (Å²) in [6.07, 6.45) is 0. The molecule has 0 heterocycles. The maximum Gasteiger partial charge on any atom is 0.271 e. The Hall–Kier alpha value is -1.99. The number of hydrogen-bond acceptors (Lipinski definition) is 5. The molecule has 1 aromatic rings. The normalized spacial score (nSPS) is 10.1. The van der Waals surface area contributed by atoms with Gasteiger partial charge in [-0.1, -0.05) is 6.07 Å². The van der Waals surface area contributed by atoms with Crippen LogP contribution in [0.15, 0.2) is 18.2 Å². The second kappa shape index (κ2) is 6.67. The number of anilines is 1. The Balaban J connectivity index is 2.68. The number of carbonyl (C=O) groups is 1. The molecule has 0 bridgehead atoms. The van der Waals surface area contributed by atoms with Crippen LogP contribution in [-0.4, -0.2) is 30.6 Å². The summed E-state index contributed by atoms with van der Waals surface area (Å²) in [5.41, 5.74) is 6.29. The van der Waals surface area contributed by atoms with E-state index in [0.717, 1.165) is 5.56 Å². The molecule has 1 amide bonds. The molecule has 0 saturated heterocycles. The Kier molecular flexibility index (Phi) is 5.22. The topological polar surface area (TPSA) is 107 Å². The zero-order valence-electron chi connectivity index (χ0n) is 10.0. The number of nitro groups is 1. The van der Waals surface area contributed by atoms with Crippen molar-refractivity contribution in [1.82, 2.24) is 0 Å². The van der Waals surface area contributed by atoms with Crippen LogP contribution in [0.1, 0.15) is 5.56 Å². The van der Waals surface area contributed by atoms with Gasteiger partial charge in [0.15, 0.2) is 0 Å². The highest BCUT2D eigenvalue weighted by Crippen LogP contribution is 2.21. The van der Waals surface area contributed by atoms with E-state index >= 15 is 0 Å². The molecular formula is C11H15N3O4. The molecule has 0 saturated carbocycles. The third kappa shape index (κ3) is 4.11. The van der Waals surface area contributed by atoms with E-state index < -0.39 is 4.92 Å². The van der Waals surface area contributed by atoms with Crippen molar-refractivity contribution in [2.75, 3.05) is 25.1 Å². The molecule has 0 spiro atoms. The van der Waals surface area contributed by atoms with Gasteiger partial charge < -0.3 is 15.8 Å². The minimum Gasteiger partial charge on any atom is -0.370 e. The van der Waals surface area contributed by atoms with Crippen LogP contribution in [0.25, 0.3) is 0 Å². The van der Waals surface area contributed by atoms with Crippen LogP contribution in [0.3, 0.4) is 0 Å². The van der Waals surface area contributed by atoms with Crippen LogP contribution in [0.4, 0.5) is 11.4 Å². The Morgan fingerprint density at radius 3 is 2.89 bits per heavy atom. The molecule has 0 atom stereocenters. The Labute approximate surface area is 104 Å². The fourth-order valence-corrected chi connectivity index (χ4v) is 1.29. The van der Waals surface area contributed by atoms with Gasteiger partial charge in [0.25, 0.3) is 5.69 Å². The number of nitrogens with two attached hydrogens (primary N) is 1. The third-order valence-corrected chi connectivity index (χ3v) is 2.20. The molecule has 0 aliphatic rings. The number of amides is 1. The number of benzene rings is 1. The SMILES string of the molecule is Cc1ccc([N+](=O)[O-])cc1NC(=O)COCCN. The number of nitrogens with one attached hydrogen (secondary N) is 1. The number of aryl methyl sites for hydroxylation is 1. The van der Waals surface area contributed by atoms with Crippen LogP contribution in [0, 0.1) is 17.0 Å². The molecule has 3 N–H and O–H groups in total. The fraction of sp³-hybridized carbons (Fsp3) is 0.364. The summed E-state index contributed by atoms with van der Waals surface area (Å²) in [4.78, 5) is 21.6. The number of hydrogen-bond donors (Lipinski definition) is 2. The van der Waals surface area contributed by atoms with Crippen molar-refractivity contribution in [2.45, 2.75) is 6.92 Å². The first-order chi connectivity index (χ1) is 8.54. The van der Waals surface area contributed by atoms with E-state index in [9.17, 15) is 14.9 Å². The standard InChI is InChI=1S/C11H15N3O4/c1-8-2-3-9(14(16)17)6-10(8)13-11(15)7-18-5-4-12/h2-3,6H,4-5,7,12H2,1H3,(H,13,15). The maximum atomic E-state index is 11.5. The van der Waals surface area contributed by atoms with Gasteiger partial charge in [-0.25, -0.2) is 0 Å². The molecule has 98 valence electrons. The molecule has 0 unspecified atom stereocenters. The first-order valence-electron chi connectivity index (χ1n) is 5.37. The minimum absolute atomic E-state index is 0.0706. The Bertz CT molecular complexity index is 448. The van der Waals surface area contributed by atoms with E-state index in [1.54, 1.807) is 13.0 Å². The number of carbonyl (C=O) groups excluding carboxylic acids is 1. The number of nitrogens with zero attached hydrogens (tertiary/aromatic N) is 1. The number of rotatable bonds is 6. The lowest BCUT2D eigenvalue weighted by molar-refractivity contribution is -0.384. The quantitative estimate of drug-likeness (QED) is 0.443. The van der Waals surface area contributed by atoms with Crippen molar-refractivity contribution < 1.29 is 14.5 Å². The van der Waals surface area contributed by atoms with E-state index in [1.165, 1.54) is 12.1 Å². The summed E-state index contributed by atoms with van der Waals surface area (Å²) in [6.45, 7) is 2.25. The van der Waals surface area contributed by atoms with Gasteiger partial charge in [-0.05, 0) is 12.5 Å². The summed E-state index contributed by atoms with van der Waals surface area (Å²) >= 11 is 0. The van der Waals surface area contributed by atoms with Crippen molar-refractivity contribution in [3.63, 3.8) is 0 Å². The van der Waals surface area contributed by atoms with Crippen LogP contribution >= 0.6 is 0 Å². The van der Waals surface area contributed by atoms with E-state index in [0.29, 0.717) is 18.8 Å². The lowest BCUT2D eigenvalue weighted by atomic mass is 10.2. The molecule has 1 aromatic carbocycles. The number of non-ortho nitro benzene ring substituents is 1. The first kappa shape index (κ1) is 14.1. The second-order valence-electron chi connectivity index (χ2n) is 3.65. The molecule has 0 aromatic heterocycles. The van der Waals surface area contributed by atoms with Gasteiger partial charge in [0.1, 0.15) is 6.61 Å². The zero-order chi connectivity index (χ0) is 13.5. The molecular weight excluding hydrogens is 238 g/mol. The molecule has 0 radical (unpaired) electrons. The molecule has 1 rings (SSSR count). The van der Waals surface area contributed by atoms with Gasteiger partial charge in [0.2, 0.25) is 5.91 Å². The smallest absolute Gasteiger partial charge is 0.271 e. The average molecular weight is 253 g/mol. The van der Waals surface area contributed by atoms with Crippen molar-refractivity contribution >= 4 is 17.3 Å². The Morgan fingerprint density at radius 1 is 1.56 bits per heavy atom. The molecule has 7 heteroatoms. The van der Waals surface area contributed by atoms with Gasteiger partial charge in [-0.3, -0.25) is 14.9 Å². The second-order valence-corrected chi connectivity index (χ2v) is 3.65. The molecule has 7 nitrogen and oxygen atoms in total. The molecule has 0 aliphatic carbocycles. The van der Waals surface area contributed by atoms with E-state index in [-0.39, 0.29) is 18.2 Å². The fourth-order valence-electron chi connectivity index (χ4n) is 1.29. The van der Waals surface area contributed by atoms with Crippen molar-refractivity contribution in [1.29, 1.82) is 0 Å². The monoisotopic (exact) mass is 253 g/mol. The minimum atomic E-state index is -0.514. The highest BCUT2D eigenvalue weighted by atomic mass is 16.6. The lowest BCUT2D eigenvalue weighted by Gasteiger charge is -2.08. The predicted octanol–water partition coefficient (Wildman–Crippen LogP) is 0.817. The van der Waals surface area contributed by atoms with Crippen LogP contribution in [-0.2, 0) is 9.53 Å². The van der Waals surface area contributed by atoms with E-state index in [2.05, 4.69) is 5.32 Å². The van der Waals surface area contributed by atoms with Gasteiger partial charge in [0, 0.05) is 18.7 Å². The highest BCUT2D eigenvalue weighted by molar-refractivity contribution is 5.92. The predicted molar refractivity (Wildman–Crippen MR) is 66.3 cm³/mol. The van der Waals surface area contributed by atoms with E-state index in [4.69, 9.17) is 10.5 Å². The van der Waals surface area contributed by atoms with Crippen LogP contribution in [0.5, 0.6) is 0 Å². The summed E-state index contributed by atoms with van der Waals surface area (Å²) in [5.74, 6) is -0.368. The van der Waals surface area contributed by atoms with Crippen molar-refractivity contribution in [3.05, 3.63) is 33.9 Å². The number of ether oxygens (including phenoxy) is 1. The van der Waals surface area contributed by atoms with Crippen molar-refractivity contribution in [3.8, 4) is 0 Å². The van der Waals surface area contributed by atoms with Crippen LogP contribution in [0.2, 0.25) is 0 Å². The lowest BCUT2D eigenvalue weighted by Crippen LogP contribution is -2.21. The average Bonchev–Trinajstić information content (AvgIpc) is 2.32. The van der Waals surface area contributed by atoms with Gasteiger partial charge in [-0.15, -0.1) is 0 Å². The molecule has 0 fully saturated rings. The summed E-state index contributed by atoms with van der Waals surface area (Å²) < 4.78 is 4.96. The summed E-state index contributed by atoms with van der Waals surface area (Å²) in [7, 11) is 0. The van der Waals surface area contributed by atoms with Gasteiger partial charge in [0.05, 0.1) is 17.2 Å². The Morgan fingerprint density at radius 2 is 2.28 bits per heavy atom. The molecule has 0 aliphatic heterocycles. The van der Waals surface area contributed by atoms with Crippen molar-refractivity contribution in [2.24, 2.45) is 5.73 Å². The van der Waals surface area contributed by atoms with Crippen LogP contribution < -0.4 is 11.1 Å². The highest BCUT2D eigenvalue weighted by Gasteiger charge is 2.10. The van der Waals surface area contributed by atoms with Gasteiger partial charge in [-0.2, -0.15) is 0 Å². The number of nitro benzene ring substituents is 1. The zero-order valence-corrected chi connectivity index (χ0v) is 10.0. The first-order valence-corrected chi connectivity index (χ1v) is 5.37. The summed E-state index contributed by atoms with van der Waals surface area (Å²) in [5, 5.41) is 13.2. The van der Waals surface area contributed by atoms with Gasteiger partial charge >= 0.3 is 0 Å². The van der Waals surface area contributed by atoms with E-state index in [1.807, 2.05) is 0 Å².